The van der Waals surface area contributed by atoms with Crippen LogP contribution in [-0.2, 0) is 20.5 Å². The van der Waals surface area contributed by atoms with Crippen LogP contribution in [0.3, 0.4) is 0 Å². The molecule has 27 heavy (non-hydrogen) atoms. The Morgan fingerprint density at radius 1 is 1.07 bits per heavy atom. The van der Waals surface area contributed by atoms with Crippen molar-refractivity contribution in [3.63, 3.8) is 0 Å². The van der Waals surface area contributed by atoms with E-state index in [1.807, 2.05) is 41.1 Å². The number of ether oxygens (including phenoxy) is 2. The van der Waals surface area contributed by atoms with Gasteiger partial charge in [0.05, 0.1) is 17.8 Å². The number of hydrogen-bond donors (Lipinski definition) is 1. The summed E-state index contributed by atoms with van der Waals surface area (Å²) in [6.07, 6.45) is 0. The van der Waals surface area contributed by atoms with E-state index in [1.165, 1.54) is 0 Å². The number of aromatic nitrogens is 2. The van der Waals surface area contributed by atoms with Crippen molar-refractivity contribution in [3.8, 4) is 5.75 Å². The molecule has 0 aliphatic rings. The van der Waals surface area contributed by atoms with E-state index in [0.717, 1.165) is 11.4 Å². The number of carbonyl (C=O) groups excluding carboxylic acids is 1. The van der Waals surface area contributed by atoms with Crippen LogP contribution in [0.15, 0.2) is 36.4 Å². The molecule has 0 spiro atoms. The normalized spacial score (nSPS) is 12.1. The second kappa shape index (κ2) is 8.57. The van der Waals surface area contributed by atoms with Crippen molar-refractivity contribution in [1.82, 2.24) is 9.78 Å². The van der Waals surface area contributed by atoms with E-state index in [2.05, 4.69) is 46.9 Å². The van der Waals surface area contributed by atoms with E-state index in [9.17, 15) is 4.79 Å². The number of carbonyl (C=O) groups is 1. The topological polar surface area (TPSA) is 65.4 Å². The van der Waals surface area contributed by atoms with E-state index in [-0.39, 0.29) is 23.5 Å². The van der Waals surface area contributed by atoms with Crippen molar-refractivity contribution in [2.75, 3.05) is 25.1 Å². The summed E-state index contributed by atoms with van der Waals surface area (Å²) in [5.41, 5.74) is 0.600. The third-order valence-corrected chi connectivity index (χ3v) is 3.85. The first kappa shape index (κ1) is 21.0. The Morgan fingerprint density at radius 2 is 1.74 bits per heavy atom. The van der Waals surface area contributed by atoms with Crippen LogP contribution in [0.2, 0.25) is 0 Å². The van der Waals surface area contributed by atoms with Crippen molar-refractivity contribution >= 4 is 11.7 Å². The average Bonchev–Trinajstić information content (AvgIpc) is 3.00. The molecule has 1 aromatic carbocycles. The fraction of sp³-hybridized carbons (Fsp3) is 0.524. The number of nitrogens with one attached hydrogen (secondary N) is 1. The fourth-order valence-corrected chi connectivity index (χ4v) is 2.43. The number of benzene rings is 1. The fourth-order valence-electron chi connectivity index (χ4n) is 2.43. The van der Waals surface area contributed by atoms with Gasteiger partial charge in [-0.1, -0.05) is 39.0 Å². The zero-order valence-electron chi connectivity index (χ0n) is 17.2. The molecule has 0 unspecified atom stereocenters. The summed E-state index contributed by atoms with van der Waals surface area (Å²) in [4.78, 5) is 12.3. The lowest BCUT2D eigenvalue weighted by molar-refractivity contribution is -0.120. The molecule has 0 fully saturated rings. The quantitative estimate of drug-likeness (QED) is 0.746. The van der Waals surface area contributed by atoms with Crippen LogP contribution in [0.25, 0.3) is 0 Å². The van der Waals surface area contributed by atoms with Crippen molar-refractivity contribution < 1.29 is 14.3 Å². The highest BCUT2D eigenvalue weighted by Gasteiger charge is 2.25. The predicted octanol–water partition coefficient (Wildman–Crippen LogP) is 3.97. The molecule has 0 atom stereocenters. The second-order valence-corrected chi connectivity index (χ2v) is 8.51. The molecular weight excluding hydrogens is 342 g/mol. The largest absolute Gasteiger partial charge is 0.491 e. The highest BCUT2D eigenvalue weighted by atomic mass is 16.5. The summed E-state index contributed by atoms with van der Waals surface area (Å²) in [7, 11) is 0. The van der Waals surface area contributed by atoms with Gasteiger partial charge in [0.15, 0.2) is 0 Å². The molecule has 2 rings (SSSR count). The maximum atomic E-state index is 12.3. The van der Waals surface area contributed by atoms with Gasteiger partial charge in [-0.3, -0.25) is 4.79 Å². The smallest absolute Gasteiger partial charge is 0.251 e. The third kappa shape index (κ3) is 6.40. The first-order valence-electron chi connectivity index (χ1n) is 9.24. The molecular formula is C21H31N3O3. The van der Waals surface area contributed by atoms with E-state index < -0.39 is 0 Å². The van der Waals surface area contributed by atoms with E-state index >= 15 is 0 Å². The number of rotatable bonds is 7. The lowest BCUT2D eigenvalue weighted by atomic mass is 9.92. The first-order chi connectivity index (χ1) is 12.6. The number of para-hydroxylation sites is 1. The second-order valence-electron chi connectivity index (χ2n) is 8.51. The lowest BCUT2D eigenvalue weighted by Gasteiger charge is -2.23. The molecule has 0 aliphatic carbocycles. The summed E-state index contributed by atoms with van der Waals surface area (Å²) >= 11 is 0. The Hall–Kier alpha value is -2.34. The Balaban J connectivity index is 1.87. The Kier molecular flexibility index (Phi) is 6.65. The van der Waals surface area contributed by atoms with Crippen LogP contribution in [-0.4, -0.2) is 35.5 Å². The SMILES string of the molecule is CC(C)(C)c1cc(NC(=O)COCCOc2ccccc2)n(C(C)(C)C)n1. The van der Waals surface area contributed by atoms with E-state index in [1.54, 1.807) is 0 Å². The molecule has 0 bridgehead atoms. The van der Waals surface area contributed by atoms with Gasteiger partial charge in [0.1, 0.15) is 24.8 Å². The van der Waals surface area contributed by atoms with Gasteiger partial charge in [0, 0.05) is 11.5 Å². The number of amides is 1. The molecule has 1 amide bonds. The van der Waals surface area contributed by atoms with Crippen molar-refractivity contribution in [2.45, 2.75) is 52.5 Å². The Bertz CT molecular complexity index is 740. The number of hydrogen-bond acceptors (Lipinski definition) is 4. The molecule has 6 heteroatoms. The minimum absolute atomic E-state index is 0.0294. The molecule has 1 N–H and O–H groups in total. The molecule has 1 aromatic heterocycles. The van der Waals surface area contributed by atoms with Gasteiger partial charge < -0.3 is 14.8 Å². The van der Waals surface area contributed by atoms with Crippen LogP contribution >= 0.6 is 0 Å². The van der Waals surface area contributed by atoms with Crippen molar-refractivity contribution in [3.05, 3.63) is 42.1 Å². The molecule has 0 aliphatic heterocycles. The van der Waals surface area contributed by atoms with Gasteiger partial charge >= 0.3 is 0 Å². The van der Waals surface area contributed by atoms with E-state index in [4.69, 9.17) is 14.6 Å². The lowest BCUT2D eigenvalue weighted by Crippen LogP contribution is -2.28. The van der Waals surface area contributed by atoms with E-state index in [0.29, 0.717) is 19.0 Å². The minimum atomic E-state index is -0.240. The molecule has 0 radical (unpaired) electrons. The monoisotopic (exact) mass is 373 g/mol. The molecule has 148 valence electrons. The maximum absolute atomic E-state index is 12.3. The van der Waals surface area contributed by atoms with Crippen LogP contribution in [0.1, 0.15) is 47.2 Å². The summed E-state index contributed by atoms with van der Waals surface area (Å²) in [6, 6.07) is 11.4. The van der Waals surface area contributed by atoms with Gasteiger partial charge in [0.2, 0.25) is 0 Å². The first-order valence-corrected chi connectivity index (χ1v) is 9.24. The molecule has 1 heterocycles. The molecule has 6 nitrogen and oxygen atoms in total. The van der Waals surface area contributed by atoms with Crippen LogP contribution in [0.5, 0.6) is 5.75 Å². The molecule has 0 saturated carbocycles. The van der Waals surface area contributed by atoms with Crippen LogP contribution in [0, 0.1) is 0 Å². The molecule has 2 aromatic rings. The Morgan fingerprint density at radius 3 is 2.33 bits per heavy atom. The van der Waals surface area contributed by atoms with Gasteiger partial charge in [-0.25, -0.2) is 4.68 Å². The number of anilines is 1. The highest BCUT2D eigenvalue weighted by Crippen LogP contribution is 2.28. The minimum Gasteiger partial charge on any atom is -0.491 e. The van der Waals surface area contributed by atoms with Crippen molar-refractivity contribution in [1.29, 1.82) is 0 Å². The average molecular weight is 373 g/mol. The highest BCUT2D eigenvalue weighted by molar-refractivity contribution is 5.91. The summed E-state index contributed by atoms with van der Waals surface area (Å²) in [6.45, 7) is 13.2. The zero-order chi connectivity index (χ0) is 20.1. The maximum Gasteiger partial charge on any atom is 0.251 e. The van der Waals surface area contributed by atoms with Gasteiger partial charge in [-0.15, -0.1) is 0 Å². The zero-order valence-corrected chi connectivity index (χ0v) is 17.2. The third-order valence-electron chi connectivity index (χ3n) is 3.85. The van der Waals surface area contributed by atoms with Gasteiger partial charge in [-0.2, -0.15) is 5.10 Å². The summed E-state index contributed by atoms with van der Waals surface area (Å²) < 4.78 is 12.8. The Labute approximate surface area is 161 Å². The van der Waals surface area contributed by atoms with Crippen molar-refractivity contribution in [2.24, 2.45) is 0 Å². The number of nitrogens with zero attached hydrogens (tertiary/aromatic N) is 2. The van der Waals surface area contributed by atoms with Gasteiger partial charge in [-0.05, 0) is 32.9 Å². The van der Waals surface area contributed by atoms with Crippen LogP contribution < -0.4 is 10.1 Å². The predicted molar refractivity (Wildman–Crippen MR) is 107 cm³/mol. The summed E-state index contributed by atoms with van der Waals surface area (Å²) in [5.74, 6) is 1.26. The summed E-state index contributed by atoms with van der Waals surface area (Å²) in [5, 5.41) is 7.60. The van der Waals surface area contributed by atoms with Gasteiger partial charge in [0.25, 0.3) is 5.91 Å². The molecule has 0 saturated heterocycles. The standard InChI is InChI=1S/C21H31N3O3/c1-20(2,3)17-14-18(24(23-17)21(4,5)6)22-19(25)15-26-12-13-27-16-10-8-7-9-11-16/h7-11,14H,12-13,15H2,1-6H3,(H,22,25). The van der Waals surface area contributed by atoms with Crippen LogP contribution in [0.4, 0.5) is 5.82 Å².